The van der Waals surface area contributed by atoms with Crippen molar-refractivity contribution in [2.45, 2.75) is 12.5 Å². The summed E-state index contributed by atoms with van der Waals surface area (Å²) in [6.45, 7) is 5.14. The van der Waals surface area contributed by atoms with Crippen LogP contribution in [0, 0.1) is 0 Å². The van der Waals surface area contributed by atoms with Crippen LogP contribution in [0.4, 0.5) is 5.69 Å². The number of nitrogens with one attached hydrogen (secondary N) is 2. The minimum Gasteiger partial charge on any atom is -0.369 e. The van der Waals surface area contributed by atoms with Crippen LogP contribution in [0.5, 0.6) is 0 Å². The maximum absolute atomic E-state index is 13.1. The van der Waals surface area contributed by atoms with Crippen molar-refractivity contribution in [1.82, 2.24) is 15.5 Å². The van der Waals surface area contributed by atoms with Crippen LogP contribution in [0.15, 0.2) is 84.9 Å². The number of benzene rings is 3. The summed E-state index contributed by atoms with van der Waals surface area (Å²) in [6.07, 6.45) is 0.418. The van der Waals surface area contributed by atoms with Crippen LogP contribution in [-0.4, -0.2) is 62.0 Å². The second kappa shape index (κ2) is 12.4. The van der Waals surface area contributed by atoms with Gasteiger partial charge in [0.1, 0.15) is 6.04 Å². The SMILES string of the molecule is O=C(NC(Cc1ccccc1)C(=O)NCCN1CCN(c2ccccc2)CC1)c1ccc(Cl)cc1. The van der Waals surface area contributed by atoms with E-state index in [-0.39, 0.29) is 11.8 Å². The highest BCUT2D eigenvalue weighted by molar-refractivity contribution is 6.30. The fourth-order valence-corrected chi connectivity index (χ4v) is 4.36. The van der Waals surface area contributed by atoms with Crippen molar-refractivity contribution >= 4 is 29.1 Å². The lowest BCUT2D eigenvalue weighted by atomic mass is 10.0. The molecule has 0 saturated carbocycles. The quantitative estimate of drug-likeness (QED) is 0.481. The van der Waals surface area contributed by atoms with Gasteiger partial charge in [-0.3, -0.25) is 14.5 Å². The Morgan fingerprint density at radius 1 is 0.829 bits per heavy atom. The number of para-hydroxylation sites is 1. The average molecular weight is 491 g/mol. The van der Waals surface area contributed by atoms with Gasteiger partial charge in [-0.25, -0.2) is 0 Å². The highest BCUT2D eigenvalue weighted by atomic mass is 35.5. The minimum absolute atomic E-state index is 0.181. The summed E-state index contributed by atoms with van der Waals surface area (Å²) in [5.74, 6) is -0.478. The topological polar surface area (TPSA) is 64.7 Å². The fourth-order valence-electron chi connectivity index (χ4n) is 4.23. The number of piperazine rings is 1. The molecule has 3 aromatic rings. The van der Waals surface area contributed by atoms with Gasteiger partial charge in [0.2, 0.25) is 5.91 Å². The zero-order valence-electron chi connectivity index (χ0n) is 19.7. The van der Waals surface area contributed by atoms with Crippen molar-refractivity contribution in [2.75, 3.05) is 44.2 Å². The van der Waals surface area contributed by atoms with Gasteiger partial charge < -0.3 is 15.5 Å². The van der Waals surface area contributed by atoms with E-state index in [2.05, 4.69) is 44.7 Å². The third kappa shape index (κ3) is 7.31. The summed E-state index contributed by atoms with van der Waals surface area (Å²) in [6, 6.07) is 26.1. The van der Waals surface area contributed by atoms with E-state index in [0.717, 1.165) is 38.3 Å². The molecule has 1 fully saturated rings. The van der Waals surface area contributed by atoms with E-state index in [1.165, 1.54) is 5.69 Å². The third-order valence-electron chi connectivity index (χ3n) is 6.23. The molecule has 1 heterocycles. The molecular formula is C28H31ClN4O2. The zero-order chi connectivity index (χ0) is 24.5. The molecule has 1 aliphatic heterocycles. The maximum atomic E-state index is 13.1. The van der Waals surface area contributed by atoms with Gasteiger partial charge in [-0.1, -0.05) is 60.1 Å². The monoisotopic (exact) mass is 490 g/mol. The molecule has 2 N–H and O–H groups in total. The van der Waals surface area contributed by atoms with Gasteiger partial charge in [0, 0.05) is 62.0 Å². The molecule has 3 aromatic carbocycles. The molecule has 1 atom stereocenters. The Balaban J connectivity index is 1.29. The van der Waals surface area contributed by atoms with Gasteiger partial charge in [-0.2, -0.15) is 0 Å². The van der Waals surface area contributed by atoms with Crippen LogP contribution in [0.1, 0.15) is 15.9 Å². The Hall–Kier alpha value is -3.35. The highest BCUT2D eigenvalue weighted by Crippen LogP contribution is 2.15. The van der Waals surface area contributed by atoms with E-state index >= 15 is 0 Å². The van der Waals surface area contributed by atoms with Gasteiger partial charge in [0.05, 0.1) is 0 Å². The summed E-state index contributed by atoms with van der Waals surface area (Å²) in [5, 5.41) is 6.49. The molecule has 0 radical (unpaired) electrons. The first-order valence-electron chi connectivity index (χ1n) is 12.0. The molecule has 2 amide bonds. The fraction of sp³-hybridized carbons (Fsp3) is 0.286. The largest absolute Gasteiger partial charge is 0.369 e. The van der Waals surface area contributed by atoms with Crippen molar-refractivity contribution < 1.29 is 9.59 Å². The molecule has 7 heteroatoms. The molecule has 1 aliphatic rings. The number of anilines is 1. The summed E-state index contributed by atoms with van der Waals surface area (Å²) < 4.78 is 0. The first-order valence-corrected chi connectivity index (χ1v) is 12.4. The van der Waals surface area contributed by atoms with Crippen LogP contribution in [0.2, 0.25) is 5.02 Å². The highest BCUT2D eigenvalue weighted by Gasteiger charge is 2.23. The first kappa shape index (κ1) is 24.8. The predicted octanol–water partition coefficient (Wildman–Crippen LogP) is 3.62. The lowest BCUT2D eigenvalue weighted by molar-refractivity contribution is -0.123. The summed E-state index contributed by atoms with van der Waals surface area (Å²) >= 11 is 5.94. The van der Waals surface area contributed by atoms with E-state index in [4.69, 9.17) is 11.6 Å². The number of amides is 2. The molecule has 35 heavy (non-hydrogen) atoms. The summed E-state index contributed by atoms with van der Waals surface area (Å²) in [7, 11) is 0. The van der Waals surface area contributed by atoms with Crippen molar-refractivity contribution in [2.24, 2.45) is 0 Å². The Bertz CT molecular complexity index is 1080. The minimum atomic E-state index is -0.671. The van der Waals surface area contributed by atoms with Crippen molar-refractivity contribution in [3.63, 3.8) is 0 Å². The van der Waals surface area contributed by atoms with E-state index in [1.807, 2.05) is 36.4 Å². The Kier molecular flexibility index (Phi) is 8.76. The van der Waals surface area contributed by atoms with Gasteiger partial charge in [-0.15, -0.1) is 0 Å². The molecule has 1 unspecified atom stereocenters. The standard InChI is InChI=1S/C28H31ClN4O2/c29-24-13-11-23(12-14-24)27(34)31-26(21-22-7-3-1-4-8-22)28(35)30-15-16-32-17-19-33(20-18-32)25-9-5-2-6-10-25/h1-14,26H,15-21H2,(H,30,35)(H,31,34). The van der Waals surface area contributed by atoms with Crippen LogP contribution < -0.4 is 15.5 Å². The number of nitrogens with zero attached hydrogens (tertiary/aromatic N) is 2. The number of carbonyl (C=O) groups is 2. The van der Waals surface area contributed by atoms with Crippen molar-refractivity contribution in [1.29, 1.82) is 0 Å². The van der Waals surface area contributed by atoms with Crippen LogP contribution in [0.25, 0.3) is 0 Å². The van der Waals surface area contributed by atoms with Gasteiger partial charge in [0.15, 0.2) is 0 Å². The predicted molar refractivity (Wildman–Crippen MR) is 141 cm³/mol. The van der Waals surface area contributed by atoms with Crippen LogP contribution in [0.3, 0.4) is 0 Å². The molecule has 0 bridgehead atoms. The van der Waals surface area contributed by atoms with E-state index < -0.39 is 6.04 Å². The molecule has 4 rings (SSSR count). The Labute approximate surface area is 211 Å². The van der Waals surface area contributed by atoms with Crippen LogP contribution in [-0.2, 0) is 11.2 Å². The van der Waals surface area contributed by atoms with Crippen molar-refractivity contribution in [3.8, 4) is 0 Å². The lowest BCUT2D eigenvalue weighted by Gasteiger charge is -2.36. The van der Waals surface area contributed by atoms with Gasteiger partial charge in [0.25, 0.3) is 5.91 Å². The maximum Gasteiger partial charge on any atom is 0.251 e. The second-order valence-electron chi connectivity index (χ2n) is 8.68. The number of carbonyl (C=O) groups excluding carboxylic acids is 2. The molecule has 182 valence electrons. The molecule has 0 aromatic heterocycles. The van der Waals surface area contributed by atoms with Crippen LogP contribution >= 0.6 is 11.6 Å². The molecular weight excluding hydrogens is 460 g/mol. The van der Waals surface area contributed by atoms with Gasteiger partial charge >= 0.3 is 0 Å². The Morgan fingerprint density at radius 2 is 1.46 bits per heavy atom. The Morgan fingerprint density at radius 3 is 2.11 bits per heavy atom. The number of halogens is 1. The van der Waals surface area contributed by atoms with E-state index in [9.17, 15) is 9.59 Å². The number of rotatable bonds is 9. The molecule has 1 saturated heterocycles. The zero-order valence-corrected chi connectivity index (χ0v) is 20.5. The summed E-state index contributed by atoms with van der Waals surface area (Å²) in [4.78, 5) is 30.6. The van der Waals surface area contributed by atoms with Gasteiger partial charge in [-0.05, 0) is 42.0 Å². The third-order valence-corrected chi connectivity index (χ3v) is 6.48. The second-order valence-corrected chi connectivity index (χ2v) is 9.11. The normalized spacial score (nSPS) is 14.8. The van der Waals surface area contributed by atoms with E-state index in [0.29, 0.717) is 23.6 Å². The summed E-state index contributed by atoms with van der Waals surface area (Å²) in [5.41, 5.74) is 2.71. The van der Waals surface area contributed by atoms with E-state index in [1.54, 1.807) is 24.3 Å². The molecule has 0 spiro atoms. The first-order chi connectivity index (χ1) is 17.1. The van der Waals surface area contributed by atoms with Crippen molar-refractivity contribution in [3.05, 3.63) is 101 Å². The molecule has 6 nitrogen and oxygen atoms in total. The number of hydrogen-bond acceptors (Lipinski definition) is 4. The average Bonchev–Trinajstić information content (AvgIpc) is 2.90. The number of hydrogen-bond donors (Lipinski definition) is 2. The smallest absolute Gasteiger partial charge is 0.251 e. The molecule has 0 aliphatic carbocycles. The lowest BCUT2D eigenvalue weighted by Crippen LogP contribution is -2.51.